The van der Waals surface area contributed by atoms with Crippen LogP contribution in [0.2, 0.25) is 0 Å². The second-order valence-corrected chi connectivity index (χ2v) is 4.10. The van der Waals surface area contributed by atoms with E-state index < -0.39 is 17.7 Å². The third-order valence-corrected chi connectivity index (χ3v) is 2.72. The molecule has 0 saturated heterocycles. The summed E-state index contributed by atoms with van der Waals surface area (Å²) < 4.78 is 42.1. The molecule has 0 saturated carbocycles. The number of ether oxygens (including phenoxy) is 1. The molecule has 0 aliphatic carbocycles. The SMILES string of the molecule is O=C(Oc1ccc(C(F)(F)F)cc1)C1=CCNCC1. The highest BCUT2D eigenvalue weighted by Gasteiger charge is 2.30. The van der Waals surface area contributed by atoms with Gasteiger partial charge in [0.1, 0.15) is 5.75 Å². The molecule has 6 heteroatoms. The fourth-order valence-electron chi connectivity index (χ4n) is 1.69. The molecule has 1 aliphatic heterocycles. The van der Waals surface area contributed by atoms with Gasteiger partial charge in [-0.15, -0.1) is 0 Å². The smallest absolute Gasteiger partial charge is 0.416 e. The van der Waals surface area contributed by atoms with Crippen LogP contribution in [-0.2, 0) is 11.0 Å². The molecule has 0 bridgehead atoms. The highest BCUT2D eigenvalue weighted by molar-refractivity contribution is 5.90. The summed E-state index contributed by atoms with van der Waals surface area (Å²) in [7, 11) is 0. The highest BCUT2D eigenvalue weighted by Crippen LogP contribution is 2.30. The van der Waals surface area contributed by atoms with Gasteiger partial charge in [-0.3, -0.25) is 0 Å². The number of hydrogen-bond acceptors (Lipinski definition) is 3. The molecule has 1 N–H and O–H groups in total. The number of halogens is 3. The number of benzene rings is 1. The molecule has 3 nitrogen and oxygen atoms in total. The molecular weight excluding hydrogens is 259 g/mol. The molecule has 2 rings (SSSR count). The van der Waals surface area contributed by atoms with E-state index in [4.69, 9.17) is 4.74 Å². The first-order valence-corrected chi connectivity index (χ1v) is 5.76. The fourth-order valence-corrected chi connectivity index (χ4v) is 1.69. The topological polar surface area (TPSA) is 38.3 Å². The number of carbonyl (C=O) groups excluding carboxylic acids is 1. The fraction of sp³-hybridized carbons (Fsp3) is 0.308. The Labute approximate surface area is 108 Å². The third kappa shape index (κ3) is 3.57. The lowest BCUT2D eigenvalue weighted by Gasteiger charge is -2.13. The Morgan fingerprint density at radius 1 is 1.21 bits per heavy atom. The van der Waals surface area contributed by atoms with E-state index in [1.165, 1.54) is 0 Å². The normalized spacial score (nSPS) is 15.8. The van der Waals surface area contributed by atoms with Crippen LogP contribution in [-0.4, -0.2) is 19.1 Å². The third-order valence-electron chi connectivity index (χ3n) is 2.72. The van der Waals surface area contributed by atoms with E-state index in [9.17, 15) is 18.0 Å². The van der Waals surface area contributed by atoms with Crippen LogP contribution in [0.1, 0.15) is 12.0 Å². The summed E-state index contributed by atoms with van der Waals surface area (Å²) in [6.45, 7) is 1.28. The molecule has 0 unspecified atom stereocenters. The lowest BCUT2D eigenvalue weighted by atomic mass is 10.1. The van der Waals surface area contributed by atoms with E-state index in [0.29, 0.717) is 25.1 Å². The molecule has 102 valence electrons. The maximum Gasteiger partial charge on any atom is 0.416 e. The number of hydrogen-bond donors (Lipinski definition) is 1. The average molecular weight is 271 g/mol. The minimum atomic E-state index is -4.39. The zero-order chi connectivity index (χ0) is 13.9. The summed E-state index contributed by atoms with van der Waals surface area (Å²) >= 11 is 0. The van der Waals surface area contributed by atoms with E-state index >= 15 is 0 Å². The van der Waals surface area contributed by atoms with Crippen LogP contribution in [0.25, 0.3) is 0 Å². The van der Waals surface area contributed by atoms with Crippen LogP contribution in [0.15, 0.2) is 35.9 Å². The van der Waals surface area contributed by atoms with Gasteiger partial charge in [-0.2, -0.15) is 13.2 Å². The van der Waals surface area contributed by atoms with Crippen LogP contribution in [0.3, 0.4) is 0 Å². The van der Waals surface area contributed by atoms with Gasteiger partial charge in [0.05, 0.1) is 5.56 Å². The second-order valence-electron chi connectivity index (χ2n) is 4.10. The van der Waals surface area contributed by atoms with E-state index in [1.807, 2.05) is 0 Å². The summed E-state index contributed by atoms with van der Waals surface area (Å²) in [4.78, 5) is 11.7. The Hall–Kier alpha value is -1.82. The van der Waals surface area contributed by atoms with Crippen molar-refractivity contribution in [2.45, 2.75) is 12.6 Å². The molecule has 1 aromatic rings. The van der Waals surface area contributed by atoms with Crippen molar-refractivity contribution in [2.24, 2.45) is 0 Å². The molecule has 0 fully saturated rings. The second kappa shape index (κ2) is 5.44. The van der Waals surface area contributed by atoms with Gasteiger partial charge in [-0.1, -0.05) is 6.08 Å². The molecule has 19 heavy (non-hydrogen) atoms. The van der Waals surface area contributed by atoms with Crippen LogP contribution < -0.4 is 10.1 Å². The molecule has 1 aliphatic rings. The number of nitrogens with one attached hydrogen (secondary N) is 1. The first kappa shape index (κ1) is 13.6. The van der Waals surface area contributed by atoms with Gasteiger partial charge in [0.15, 0.2) is 0 Å². The monoisotopic (exact) mass is 271 g/mol. The Morgan fingerprint density at radius 3 is 2.42 bits per heavy atom. The molecule has 0 amide bonds. The van der Waals surface area contributed by atoms with E-state index in [2.05, 4.69) is 5.32 Å². The highest BCUT2D eigenvalue weighted by atomic mass is 19.4. The van der Waals surface area contributed by atoms with Gasteiger partial charge in [-0.05, 0) is 37.2 Å². The molecule has 0 atom stereocenters. The van der Waals surface area contributed by atoms with Gasteiger partial charge >= 0.3 is 12.1 Å². The Kier molecular flexibility index (Phi) is 3.90. The van der Waals surface area contributed by atoms with Crippen molar-refractivity contribution in [3.63, 3.8) is 0 Å². The van der Waals surface area contributed by atoms with Gasteiger partial charge in [0, 0.05) is 12.1 Å². The number of rotatable bonds is 2. The quantitative estimate of drug-likeness (QED) is 0.663. The van der Waals surface area contributed by atoms with Crippen LogP contribution >= 0.6 is 0 Å². The largest absolute Gasteiger partial charge is 0.423 e. The van der Waals surface area contributed by atoms with Gasteiger partial charge < -0.3 is 10.1 Å². The molecule has 0 radical (unpaired) electrons. The predicted octanol–water partition coefficient (Wildman–Crippen LogP) is 2.53. The number of alkyl halides is 3. The lowest BCUT2D eigenvalue weighted by Crippen LogP contribution is -2.25. The predicted molar refractivity (Wildman–Crippen MR) is 62.6 cm³/mol. The van der Waals surface area contributed by atoms with Crippen molar-refractivity contribution in [3.05, 3.63) is 41.5 Å². The molecule has 0 spiro atoms. The van der Waals surface area contributed by atoms with Gasteiger partial charge in [0.2, 0.25) is 0 Å². The standard InChI is InChI=1S/C13H12F3NO2/c14-13(15,16)10-1-3-11(4-2-10)19-12(18)9-5-7-17-8-6-9/h1-5,17H,6-8H2. The molecule has 0 aromatic heterocycles. The number of esters is 1. The van der Waals surface area contributed by atoms with E-state index in [1.54, 1.807) is 6.08 Å². The first-order valence-electron chi connectivity index (χ1n) is 5.76. The molecular formula is C13H12F3NO2. The molecule has 1 aromatic carbocycles. The summed E-state index contributed by atoms with van der Waals surface area (Å²) in [6, 6.07) is 4.06. The Bertz CT molecular complexity index is 492. The van der Waals surface area contributed by atoms with E-state index in [-0.39, 0.29) is 5.75 Å². The summed E-state index contributed by atoms with van der Waals surface area (Å²) in [5.74, 6) is -0.404. The van der Waals surface area contributed by atoms with E-state index in [0.717, 1.165) is 24.3 Å². The number of carbonyl (C=O) groups is 1. The average Bonchev–Trinajstić information content (AvgIpc) is 2.39. The summed E-state index contributed by atoms with van der Waals surface area (Å²) in [6.07, 6.45) is -2.12. The Balaban J connectivity index is 2.03. The summed E-state index contributed by atoms with van der Waals surface area (Å²) in [5, 5.41) is 3.05. The van der Waals surface area contributed by atoms with Gasteiger partial charge in [-0.25, -0.2) is 4.79 Å². The van der Waals surface area contributed by atoms with Crippen molar-refractivity contribution < 1.29 is 22.7 Å². The molecule has 1 heterocycles. The van der Waals surface area contributed by atoms with Crippen molar-refractivity contribution in [1.29, 1.82) is 0 Å². The zero-order valence-corrected chi connectivity index (χ0v) is 9.96. The lowest BCUT2D eigenvalue weighted by molar-refractivity contribution is -0.137. The van der Waals surface area contributed by atoms with Crippen molar-refractivity contribution >= 4 is 5.97 Å². The maximum absolute atomic E-state index is 12.3. The van der Waals surface area contributed by atoms with Crippen LogP contribution in [0.4, 0.5) is 13.2 Å². The maximum atomic E-state index is 12.3. The van der Waals surface area contributed by atoms with Crippen LogP contribution in [0, 0.1) is 0 Å². The zero-order valence-electron chi connectivity index (χ0n) is 9.96. The summed E-state index contributed by atoms with van der Waals surface area (Å²) in [5.41, 5.74) is -0.230. The van der Waals surface area contributed by atoms with Crippen molar-refractivity contribution in [3.8, 4) is 5.75 Å². The Morgan fingerprint density at radius 2 is 1.89 bits per heavy atom. The van der Waals surface area contributed by atoms with Gasteiger partial charge in [0.25, 0.3) is 0 Å². The van der Waals surface area contributed by atoms with Crippen LogP contribution in [0.5, 0.6) is 5.75 Å². The minimum absolute atomic E-state index is 0.109. The first-order chi connectivity index (χ1) is 8.97. The minimum Gasteiger partial charge on any atom is -0.423 e. The van der Waals surface area contributed by atoms with Crippen molar-refractivity contribution in [2.75, 3.05) is 13.1 Å². The van der Waals surface area contributed by atoms with Crippen molar-refractivity contribution in [1.82, 2.24) is 5.32 Å².